The summed E-state index contributed by atoms with van der Waals surface area (Å²) in [6.07, 6.45) is 0. The molecular formula is C10H9NO3. The van der Waals surface area contributed by atoms with Crippen LogP contribution in [-0.2, 0) is 0 Å². The molecule has 0 fully saturated rings. The van der Waals surface area contributed by atoms with Crippen LogP contribution in [0.4, 0.5) is 0 Å². The van der Waals surface area contributed by atoms with Crippen LogP contribution in [0, 0.1) is 0 Å². The molecule has 3 N–H and O–H groups in total. The van der Waals surface area contributed by atoms with E-state index in [0.29, 0.717) is 5.69 Å². The van der Waals surface area contributed by atoms with E-state index in [9.17, 15) is 10.2 Å². The zero-order chi connectivity index (χ0) is 10.1. The minimum Gasteiger partial charge on any atom is -0.503 e. The molecule has 0 spiro atoms. The van der Waals surface area contributed by atoms with Gasteiger partial charge < -0.3 is 15.3 Å². The van der Waals surface area contributed by atoms with Crippen LogP contribution in [0.2, 0.25) is 0 Å². The van der Waals surface area contributed by atoms with Gasteiger partial charge in [0.05, 0.1) is 5.69 Å². The molecule has 4 nitrogen and oxygen atoms in total. The van der Waals surface area contributed by atoms with Crippen LogP contribution in [0.1, 0.15) is 0 Å². The van der Waals surface area contributed by atoms with Crippen molar-refractivity contribution in [1.29, 1.82) is 0 Å². The van der Waals surface area contributed by atoms with Crippen molar-refractivity contribution in [1.82, 2.24) is 4.57 Å². The molecule has 0 radical (unpaired) electrons. The smallest absolute Gasteiger partial charge is 0.242 e. The van der Waals surface area contributed by atoms with Crippen molar-refractivity contribution in [3.8, 4) is 23.2 Å². The van der Waals surface area contributed by atoms with Crippen molar-refractivity contribution in [3.05, 3.63) is 36.4 Å². The number of rotatable bonds is 1. The second kappa shape index (κ2) is 2.99. The zero-order valence-electron chi connectivity index (χ0n) is 7.25. The number of nitrogens with zero attached hydrogens (tertiary/aromatic N) is 1. The Bertz CT molecular complexity index is 448. The minimum atomic E-state index is -0.367. The number of aromatic hydroxyl groups is 3. The summed E-state index contributed by atoms with van der Waals surface area (Å²) in [5.41, 5.74) is 0.586. The van der Waals surface area contributed by atoms with Gasteiger partial charge in [0.15, 0.2) is 5.75 Å². The Morgan fingerprint density at radius 1 is 0.929 bits per heavy atom. The molecular weight excluding hydrogens is 182 g/mol. The maximum Gasteiger partial charge on any atom is 0.242 e. The monoisotopic (exact) mass is 191 g/mol. The van der Waals surface area contributed by atoms with Gasteiger partial charge in [-0.05, 0) is 12.1 Å². The van der Waals surface area contributed by atoms with Crippen LogP contribution in [0.3, 0.4) is 0 Å². The van der Waals surface area contributed by atoms with E-state index in [1.54, 1.807) is 24.3 Å². The normalized spacial score (nSPS) is 10.3. The van der Waals surface area contributed by atoms with Crippen LogP contribution in [-0.4, -0.2) is 19.9 Å². The molecule has 0 unspecified atom stereocenters. The van der Waals surface area contributed by atoms with E-state index in [4.69, 9.17) is 5.11 Å². The van der Waals surface area contributed by atoms with Gasteiger partial charge >= 0.3 is 0 Å². The van der Waals surface area contributed by atoms with E-state index in [1.165, 1.54) is 0 Å². The molecule has 1 heterocycles. The summed E-state index contributed by atoms with van der Waals surface area (Å²) in [6, 6.07) is 9.86. The van der Waals surface area contributed by atoms with Crippen molar-refractivity contribution >= 4 is 0 Å². The van der Waals surface area contributed by atoms with Crippen LogP contribution in [0.15, 0.2) is 36.4 Å². The van der Waals surface area contributed by atoms with E-state index < -0.39 is 0 Å². The number of hydrogen-bond acceptors (Lipinski definition) is 3. The van der Waals surface area contributed by atoms with Gasteiger partial charge in [-0.3, -0.25) is 0 Å². The van der Waals surface area contributed by atoms with Crippen molar-refractivity contribution < 1.29 is 15.3 Å². The first kappa shape index (κ1) is 8.50. The Labute approximate surface area is 80.3 Å². The van der Waals surface area contributed by atoms with Crippen molar-refractivity contribution in [2.75, 3.05) is 0 Å². The molecule has 0 amide bonds. The highest BCUT2D eigenvalue weighted by Gasteiger charge is 2.13. The van der Waals surface area contributed by atoms with Gasteiger partial charge in [-0.25, -0.2) is 4.57 Å². The van der Waals surface area contributed by atoms with Gasteiger partial charge in [0.25, 0.3) is 0 Å². The van der Waals surface area contributed by atoms with Crippen LogP contribution in [0.25, 0.3) is 5.69 Å². The van der Waals surface area contributed by atoms with E-state index in [2.05, 4.69) is 0 Å². The molecule has 2 rings (SSSR count). The van der Waals surface area contributed by atoms with Crippen molar-refractivity contribution in [2.45, 2.75) is 0 Å². The van der Waals surface area contributed by atoms with Gasteiger partial charge in [-0.1, -0.05) is 18.2 Å². The molecule has 4 heteroatoms. The van der Waals surface area contributed by atoms with E-state index in [1.807, 2.05) is 6.07 Å². The molecule has 0 saturated heterocycles. The molecule has 0 bridgehead atoms. The van der Waals surface area contributed by atoms with Crippen LogP contribution >= 0.6 is 0 Å². The lowest BCUT2D eigenvalue weighted by Crippen LogP contribution is -1.91. The molecule has 0 atom stereocenters. The summed E-state index contributed by atoms with van der Waals surface area (Å²) in [5, 5.41) is 28.0. The second-order valence-electron chi connectivity index (χ2n) is 2.88. The van der Waals surface area contributed by atoms with Crippen LogP contribution in [0.5, 0.6) is 17.5 Å². The lowest BCUT2D eigenvalue weighted by atomic mass is 10.3. The Morgan fingerprint density at radius 3 is 2.07 bits per heavy atom. The third kappa shape index (κ3) is 1.17. The standard InChI is InChI=1S/C10H9NO3/c12-8-6-9(13)11(10(8)14)7-4-2-1-3-5-7/h1-6,12-14H. The topological polar surface area (TPSA) is 65.6 Å². The minimum absolute atomic E-state index is 0.203. The summed E-state index contributed by atoms with van der Waals surface area (Å²) >= 11 is 0. The Kier molecular flexibility index (Phi) is 1.81. The van der Waals surface area contributed by atoms with Gasteiger partial charge in [-0.15, -0.1) is 0 Å². The SMILES string of the molecule is Oc1cc(O)n(-c2ccccc2)c1O. The molecule has 1 aromatic heterocycles. The molecule has 0 aliphatic rings. The number of hydrogen-bond donors (Lipinski definition) is 3. The van der Waals surface area contributed by atoms with Gasteiger partial charge in [0.1, 0.15) is 0 Å². The largest absolute Gasteiger partial charge is 0.503 e. The summed E-state index contributed by atoms with van der Waals surface area (Å²) in [5.74, 6) is -0.911. The molecule has 0 aliphatic carbocycles. The van der Waals surface area contributed by atoms with E-state index in [0.717, 1.165) is 10.6 Å². The fourth-order valence-electron chi connectivity index (χ4n) is 1.31. The average molecular weight is 191 g/mol. The lowest BCUT2D eigenvalue weighted by Gasteiger charge is -2.05. The third-order valence-electron chi connectivity index (χ3n) is 1.95. The highest BCUT2D eigenvalue weighted by molar-refractivity contribution is 5.49. The predicted molar refractivity (Wildman–Crippen MR) is 50.8 cm³/mol. The highest BCUT2D eigenvalue weighted by atomic mass is 16.3. The molecule has 0 aliphatic heterocycles. The molecule has 72 valence electrons. The van der Waals surface area contributed by atoms with Gasteiger partial charge in [0.2, 0.25) is 11.8 Å². The highest BCUT2D eigenvalue weighted by Crippen LogP contribution is 2.35. The Morgan fingerprint density at radius 2 is 1.57 bits per heavy atom. The quantitative estimate of drug-likeness (QED) is 0.641. The van der Waals surface area contributed by atoms with E-state index >= 15 is 0 Å². The zero-order valence-corrected chi connectivity index (χ0v) is 7.25. The second-order valence-corrected chi connectivity index (χ2v) is 2.88. The Balaban J connectivity index is 2.62. The van der Waals surface area contributed by atoms with Crippen molar-refractivity contribution in [2.24, 2.45) is 0 Å². The maximum absolute atomic E-state index is 9.42. The average Bonchev–Trinajstić information content (AvgIpc) is 2.43. The Hall–Kier alpha value is -2.10. The number of para-hydroxylation sites is 1. The summed E-state index contributed by atoms with van der Waals surface area (Å²) in [7, 11) is 0. The van der Waals surface area contributed by atoms with E-state index in [-0.39, 0.29) is 17.5 Å². The number of aromatic nitrogens is 1. The lowest BCUT2D eigenvalue weighted by molar-refractivity contribution is 0.377. The first-order valence-corrected chi connectivity index (χ1v) is 4.08. The fourth-order valence-corrected chi connectivity index (χ4v) is 1.31. The first-order chi connectivity index (χ1) is 6.70. The number of benzene rings is 1. The molecule has 1 aromatic carbocycles. The summed E-state index contributed by atoms with van der Waals surface area (Å²) in [6.45, 7) is 0. The molecule has 0 saturated carbocycles. The van der Waals surface area contributed by atoms with Gasteiger partial charge in [0, 0.05) is 6.07 Å². The third-order valence-corrected chi connectivity index (χ3v) is 1.95. The summed E-state index contributed by atoms with van der Waals surface area (Å²) in [4.78, 5) is 0. The van der Waals surface area contributed by atoms with Gasteiger partial charge in [-0.2, -0.15) is 0 Å². The predicted octanol–water partition coefficient (Wildman–Crippen LogP) is 1.59. The summed E-state index contributed by atoms with van der Waals surface area (Å²) < 4.78 is 1.15. The van der Waals surface area contributed by atoms with Crippen molar-refractivity contribution in [3.63, 3.8) is 0 Å². The fraction of sp³-hybridized carbons (Fsp3) is 0. The van der Waals surface area contributed by atoms with Crippen LogP contribution < -0.4 is 0 Å². The molecule has 14 heavy (non-hydrogen) atoms. The molecule has 2 aromatic rings. The maximum atomic E-state index is 9.42. The first-order valence-electron chi connectivity index (χ1n) is 4.08.